The highest BCUT2D eigenvalue weighted by Crippen LogP contribution is 2.35. The number of rotatable bonds is 6. The maximum Gasteiger partial charge on any atom is 0.239 e. The van der Waals surface area contributed by atoms with Crippen molar-refractivity contribution in [3.8, 4) is 11.5 Å². The average Bonchev–Trinajstić information content (AvgIpc) is 2.99. The van der Waals surface area contributed by atoms with Gasteiger partial charge in [0.1, 0.15) is 19.1 Å². The summed E-state index contributed by atoms with van der Waals surface area (Å²) in [7, 11) is 0. The number of fused-ring (bicyclic) bond motifs is 1. The molecule has 1 saturated heterocycles. The summed E-state index contributed by atoms with van der Waals surface area (Å²) in [6.07, 6.45) is 0.528. The summed E-state index contributed by atoms with van der Waals surface area (Å²) >= 11 is 0. The Hall–Kier alpha value is -2.28. The molecule has 0 radical (unpaired) electrons. The van der Waals surface area contributed by atoms with E-state index in [2.05, 4.69) is 10.6 Å². The van der Waals surface area contributed by atoms with Crippen molar-refractivity contribution in [1.82, 2.24) is 10.6 Å². The van der Waals surface area contributed by atoms with Crippen molar-refractivity contribution < 1.29 is 19.1 Å². The van der Waals surface area contributed by atoms with Gasteiger partial charge in [-0.3, -0.25) is 9.59 Å². The van der Waals surface area contributed by atoms with E-state index in [-0.39, 0.29) is 11.8 Å². The second-order valence-electron chi connectivity index (χ2n) is 5.80. The molecule has 3 rings (SSSR count). The highest BCUT2D eigenvalue weighted by atomic mass is 16.6. The van der Waals surface area contributed by atoms with Crippen molar-refractivity contribution in [2.24, 2.45) is 5.92 Å². The smallest absolute Gasteiger partial charge is 0.239 e. The molecular weight excluding hydrogens is 310 g/mol. The lowest BCUT2D eigenvalue weighted by Gasteiger charge is -2.22. The Morgan fingerprint density at radius 2 is 2.04 bits per heavy atom. The van der Waals surface area contributed by atoms with E-state index in [4.69, 9.17) is 9.47 Å². The van der Waals surface area contributed by atoms with E-state index in [9.17, 15) is 9.59 Å². The number of carbonyl (C=O) groups excluding carboxylic acids is 2. The minimum Gasteiger partial charge on any atom is -0.486 e. The van der Waals surface area contributed by atoms with Gasteiger partial charge in [0.25, 0.3) is 0 Å². The molecule has 2 N–H and O–H groups in total. The third-order valence-corrected chi connectivity index (χ3v) is 4.21. The van der Waals surface area contributed by atoms with E-state index < -0.39 is 5.92 Å². The van der Waals surface area contributed by atoms with Gasteiger partial charge in [0.2, 0.25) is 11.8 Å². The summed E-state index contributed by atoms with van der Waals surface area (Å²) in [6.45, 7) is 5.66. The molecule has 24 heavy (non-hydrogen) atoms. The van der Waals surface area contributed by atoms with E-state index in [1.807, 2.05) is 13.0 Å². The summed E-state index contributed by atoms with van der Waals surface area (Å²) in [5.74, 6) is 0.366. The lowest BCUT2D eigenvalue weighted by atomic mass is 10.1. The van der Waals surface area contributed by atoms with Crippen LogP contribution >= 0.6 is 0 Å². The fraction of sp³-hybridized carbons (Fsp3) is 0.529. The molecule has 1 unspecified atom stereocenters. The Bertz CT molecular complexity index is 620. The van der Waals surface area contributed by atoms with Gasteiger partial charge in [0.15, 0.2) is 11.5 Å². The van der Waals surface area contributed by atoms with Crippen LogP contribution in [0.2, 0.25) is 0 Å². The molecule has 130 valence electrons. The molecule has 0 aromatic heterocycles. The van der Waals surface area contributed by atoms with E-state index in [0.717, 1.165) is 12.2 Å². The minimum absolute atomic E-state index is 0.160. The molecule has 1 fully saturated rings. The summed E-state index contributed by atoms with van der Waals surface area (Å²) < 4.78 is 11.1. The molecule has 1 aromatic rings. The number of likely N-dealkylation sites (N-methyl/N-ethyl adjacent to an activating group) is 1. The van der Waals surface area contributed by atoms with Crippen LogP contribution in [0.4, 0.5) is 5.69 Å². The monoisotopic (exact) mass is 333 g/mol. The van der Waals surface area contributed by atoms with Gasteiger partial charge in [-0.05, 0) is 25.1 Å². The van der Waals surface area contributed by atoms with Gasteiger partial charge >= 0.3 is 0 Å². The number of nitrogens with one attached hydrogen (secondary N) is 2. The topological polar surface area (TPSA) is 79.9 Å². The molecule has 2 aliphatic rings. The van der Waals surface area contributed by atoms with E-state index in [0.29, 0.717) is 50.8 Å². The third kappa shape index (κ3) is 3.46. The fourth-order valence-corrected chi connectivity index (χ4v) is 2.95. The van der Waals surface area contributed by atoms with Crippen LogP contribution in [0.5, 0.6) is 11.5 Å². The lowest BCUT2D eigenvalue weighted by molar-refractivity contribution is -0.132. The number of hydrogen-bond acceptors (Lipinski definition) is 5. The molecule has 2 amide bonds. The fourth-order valence-electron chi connectivity index (χ4n) is 2.95. The SMILES string of the molecule is CCNCCNC(=O)C1CCN(c2ccc3c(c2)OCCO3)C1=O. The first kappa shape index (κ1) is 16.6. The van der Waals surface area contributed by atoms with E-state index in [1.54, 1.807) is 17.0 Å². The molecule has 0 saturated carbocycles. The van der Waals surface area contributed by atoms with Crippen molar-refractivity contribution in [3.05, 3.63) is 18.2 Å². The number of anilines is 1. The lowest BCUT2D eigenvalue weighted by Crippen LogP contribution is -2.39. The first-order valence-electron chi connectivity index (χ1n) is 8.40. The average molecular weight is 333 g/mol. The standard InChI is InChI=1S/C17H23N3O4/c1-2-18-6-7-19-16(21)13-5-8-20(17(13)22)12-3-4-14-15(11-12)24-10-9-23-14/h3-4,11,13,18H,2,5-10H2,1H3,(H,19,21). The molecule has 1 atom stereocenters. The van der Waals surface area contributed by atoms with Crippen LogP contribution in [0.15, 0.2) is 18.2 Å². The van der Waals surface area contributed by atoms with Crippen molar-refractivity contribution in [1.29, 1.82) is 0 Å². The number of nitrogens with zero attached hydrogens (tertiary/aromatic N) is 1. The van der Waals surface area contributed by atoms with Gasteiger partial charge in [-0.25, -0.2) is 0 Å². The van der Waals surface area contributed by atoms with Crippen molar-refractivity contribution >= 4 is 17.5 Å². The number of carbonyl (C=O) groups is 2. The highest BCUT2D eigenvalue weighted by molar-refractivity contribution is 6.09. The third-order valence-electron chi connectivity index (χ3n) is 4.21. The molecule has 7 heteroatoms. The molecular formula is C17H23N3O4. The molecule has 2 heterocycles. The van der Waals surface area contributed by atoms with E-state index >= 15 is 0 Å². The van der Waals surface area contributed by atoms with Crippen LogP contribution in [-0.4, -0.2) is 51.2 Å². The van der Waals surface area contributed by atoms with Crippen LogP contribution in [-0.2, 0) is 9.59 Å². The highest BCUT2D eigenvalue weighted by Gasteiger charge is 2.37. The zero-order valence-electron chi connectivity index (χ0n) is 13.8. The Labute approximate surface area is 141 Å². The van der Waals surface area contributed by atoms with Crippen molar-refractivity contribution in [2.45, 2.75) is 13.3 Å². The van der Waals surface area contributed by atoms with Gasteiger partial charge in [-0.1, -0.05) is 6.92 Å². The number of ether oxygens (including phenoxy) is 2. The first-order chi connectivity index (χ1) is 11.7. The van der Waals surface area contributed by atoms with Crippen molar-refractivity contribution in [3.63, 3.8) is 0 Å². The van der Waals surface area contributed by atoms with Crippen LogP contribution in [0.25, 0.3) is 0 Å². The van der Waals surface area contributed by atoms with Gasteiger partial charge in [0.05, 0.1) is 0 Å². The molecule has 0 aliphatic carbocycles. The molecule has 2 aliphatic heterocycles. The zero-order chi connectivity index (χ0) is 16.9. The predicted octanol–water partition coefficient (Wildman–Crippen LogP) is 0.536. The van der Waals surface area contributed by atoms with Crippen molar-refractivity contribution in [2.75, 3.05) is 44.3 Å². The Morgan fingerprint density at radius 1 is 1.25 bits per heavy atom. The van der Waals surface area contributed by atoms with Gasteiger partial charge in [-0.15, -0.1) is 0 Å². The number of amides is 2. The maximum atomic E-state index is 12.6. The Balaban J connectivity index is 1.62. The molecule has 7 nitrogen and oxygen atoms in total. The predicted molar refractivity (Wildman–Crippen MR) is 89.4 cm³/mol. The second-order valence-corrected chi connectivity index (χ2v) is 5.80. The summed E-state index contributed by atoms with van der Waals surface area (Å²) in [6, 6.07) is 5.44. The summed E-state index contributed by atoms with van der Waals surface area (Å²) in [4.78, 5) is 26.4. The zero-order valence-corrected chi connectivity index (χ0v) is 13.8. The summed E-state index contributed by atoms with van der Waals surface area (Å²) in [5, 5.41) is 5.95. The second kappa shape index (κ2) is 7.53. The molecule has 1 aromatic carbocycles. The quantitative estimate of drug-likeness (QED) is 0.587. The Morgan fingerprint density at radius 3 is 2.83 bits per heavy atom. The van der Waals surface area contributed by atoms with Gasteiger partial charge in [-0.2, -0.15) is 0 Å². The van der Waals surface area contributed by atoms with Crippen LogP contribution in [0.1, 0.15) is 13.3 Å². The molecule has 0 spiro atoms. The maximum absolute atomic E-state index is 12.6. The number of benzene rings is 1. The largest absolute Gasteiger partial charge is 0.486 e. The normalized spacial score (nSPS) is 19.5. The number of hydrogen-bond donors (Lipinski definition) is 2. The Kier molecular flexibility index (Phi) is 5.20. The molecule has 0 bridgehead atoms. The van der Waals surface area contributed by atoms with Crippen LogP contribution in [0.3, 0.4) is 0 Å². The minimum atomic E-state index is -0.611. The summed E-state index contributed by atoms with van der Waals surface area (Å²) in [5.41, 5.74) is 0.743. The van der Waals surface area contributed by atoms with Crippen LogP contribution in [0, 0.1) is 5.92 Å². The van der Waals surface area contributed by atoms with Crippen LogP contribution < -0.4 is 25.0 Å². The van der Waals surface area contributed by atoms with Gasteiger partial charge in [0, 0.05) is 31.4 Å². The first-order valence-corrected chi connectivity index (χ1v) is 8.40. The van der Waals surface area contributed by atoms with Gasteiger partial charge < -0.3 is 25.0 Å². The van der Waals surface area contributed by atoms with E-state index in [1.165, 1.54) is 0 Å².